The van der Waals surface area contributed by atoms with Gasteiger partial charge in [0.25, 0.3) is 5.69 Å². The molecule has 0 saturated heterocycles. The van der Waals surface area contributed by atoms with E-state index in [1.807, 2.05) is 6.07 Å². The maximum atomic E-state index is 11.8. The van der Waals surface area contributed by atoms with Gasteiger partial charge in [0.1, 0.15) is 18.2 Å². The Kier molecular flexibility index (Phi) is 7.74. The van der Waals surface area contributed by atoms with Crippen molar-refractivity contribution in [2.45, 2.75) is 13.5 Å². The zero-order valence-corrected chi connectivity index (χ0v) is 17.3. The van der Waals surface area contributed by atoms with Crippen molar-refractivity contribution in [1.82, 2.24) is 0 Å². The molecule has 150 valence electrons. The monoisotopic (exact) mass is 460 g/mol. The van der Waals surface area contributed by atoms with Crippen molar-refractivity contribution < 1.29 is 23.9 Å². The molecule has 0 spiro atoms. The van der Waals surface area contributed by atoms with Crippen molar-refractivity contribution in [1.29, 1.82) is 5.26 Å². The van der Waals surface area contributed by atoms with Gasteiger partial charge in [-0.3, -0.25) is 10.1 Å². The summed E-state index contributed by atoms with van der Waals surface area (Å²) >= 11 is 3.39. The number of carbonyl (C=O) groups is 1. The van der Waals surface area contributed by atoms with E-state index in [2.05, 4.69) is 15.9 Å². The molecule has 0 amide bonds. The van der Waals surface area contributed by atoms with Crippen LogP contribution in [0.4, 0.5) is 5.69 Å². The Bertz CT molecular complexity index is 980. The molecule has 0 aliphatic heterocycles. The normalized spacial score (nSPS) is 10.8. The Morgan fingerprint density at radius 2 is 1.97 bits per heavy atom. The molecule has 2 rings (SSSR count). The summed E-state index contributed by atoms with van der Waals surface area (Å²) in [6.45, 7) is 1.99. The number of nitriles is 1. The fourth-order valence-corrected chi connectivity index (χ4v) is 2.75. The molecule has 2 aromatic rings. The minimum absolute atomic E-state index is 0.000104. The van der Waals surface area contributed by atoms with Crippen LogP contribution in [-0.4, -0.2) is 24.6 Å². The van der Waals surface area contributed by atoms with Crippen molar-refractivity contribution >= 4 is 33.7 Å². The first kappa shape index (κ1) is 21.9. The summed E-state index contributed by atoms with van der Waals surface area (Å²) in [5, 5.41) is 19.9. The fraction of sp³-hybridized carbons (Fsp3) is 0.200. The van der Waals surface area contributed by atoms with E-state index in [0.717, 1.165) is 5.56 Å². The number of ether oxygens (including phenoxy) is 3. The number of nitro benzene ring substituents is 1. The SMILES string of the molecule is CCOC(=O)/C(C#N)=C\c1cc(OC)c(OCc2ccc([N+](=O)[O-])cc2)cc1Br. The van der Waals surface area contributed by atoms with Crippen LogP contribution in [0.2, 0.25) is 0 Å². The van der Waals surface area contributed by atoms with Gasteiger partial charge in [0.2, 0.25) is 0 Å². The summed E-state index contributed by atoms with van der Waals surface area (Å²) in [6.07, 6.45) is 1.39. The Morgan fingerprint density at radius 1 is 1.28 bits per heavy atom. The highest BCUT2D eigenvalue weighted by atomic mass is 79.9. The van der Waals surface area contributed by atoms with Crippen molar-refractivity contribution in [3.8, 4) is 17.6 Å². The van der Waals surface area contributed by atoms with Gasteiger partial charge in [0.05, 0.1) is 18.6 Å². The van der Waals surface area contributed by atoms with E-state index in [1.54, 1.807) is 31.2 Å². The van der Waals surface area contributed by atoms with E-state index in [-0.39, 0.29) is 24.5 Å². The van der Waals surface area contributed by atoms with Crippen LogP contribution in [0, 0.1) is 21.4 Å². The van der Waals surface area contributed by atoms with Crippen molar-refractivity contribution in [3.05, 3.63) is 67.7 Å². The lowest BCUT2D eigenvalue weighted by Gasteiger charge is -2.13. The van der Waals surface area contributed by atoms with Crippen LogP contribution in [-0.2, 0) is 16.1 Å². The van der Waals surface area contributed by atoms with Crippen LogP contribution >= 0.6 is 15.9 Å². The summed E-state index contributed by atoms with van der Waals surface area (Å²) in [4.78, 5) is 22.1. The first-order valence-electron chi connectivity index (χ1n) is 8.42. The topological polar surface area (TPSA) is 112 Å². The van der Waals surface area contributed by atoms with Crippen LogP contribution in [0.1, 0.15) is 18.1 Å². The third-order valence-corrected chi connectivity index (χ3v) is 4.43. The molecule has 0 aromatic heterocycles. The maximum Gasteiger partial charge on any atom is 0.348 e. The third-order valence-electron chi connectivity index (χ3n) is 3.74. The lowest BCUT2D eigenvalue weighted by molar-refractivity contribution is -0.384. The molecule has 0 atom stereocenters. The molecule has 8 nitrogen and oxygen atoms in total. The number of benzene rings is 2. The summed E-state index contributed by atoms with van der Waals surface area (Å²) < 4.78 is 16.5. The number of nitro groups is 1. The Hall–Kier alpha value is -3.38. The molecule has 0 radical (unpaired) electrons. The highest BCUT2D eigenvalue weighted by Gasteiger charge is 2.14. The second kappa shape index (κ2) is 10.2. The minimum Gasteiger partial charge on any atom is -0.493 e. The van der Waals surface area contributed by atoms with Gasteiger partial charge in [-0.05, 0) is 48.4 Å². The summed E-state index contributed by atoms with van der Waals surface area (Å²) in [7, 11) is 1.46. The van der Waals surface area contributed by atoms with E-state index in [9.17, 15) is 20.2 Å². The number of rotatable bonds is 8. The van der Waals surface area contributed by atoms with Gasteiger partial charge >= 0.3 is 5.97 Å². The highest BCUT2D eigenvalue weighted by Crippen LogP contribution is 2.35. The molecule has 2 aromatic carbocycles. The average molecular weight is 461 g/mol. The van der Waals surface area contributed by atoms with Gasteiger partial charge in [0, 0.05) is 16.6 Å². The summed E-state index contributed by atoms with van der Waals surface area (Å²) in [5.41, 5.74) is 1.13. The van der Waals surface area contributed by atoms with Gasteiger partial charge in [-0.2, -0.15) is 5.26 Å². The quantitative estimate of drug-likeness (QED) is 0.188. The molecule has 29 heavy (non-hydrogen) atoms. The maximum absolute atomic E-state index is 11.8. The van der Waals surface area contributed by atoms with Crippen molar-refractivity contribution in [2.75, 3.05) is 13.7 Å². The van der Waals surface area contributed by atoms with Gasteiger partial charge in [-0.25, -0.2) is 4.79 Å². The standard InChI is InChI=1S/C20H17BrN2O6/c1-3-28-20(24)15(11-22)8-14-9-18(27-2)19(10-17(14)21)29-12-13-4-6-16(7-5-13)23(25)26/h4-10H,3,12H2,1-2H3/b15-8-. The lowest BCUT2D eigenvalue weighted by Crippen LogP contribution is -2.06. The molecule has 0 aliphatic rings. The first-order chi connectivity index (χ1) is 13.9. The van der Waals surface area contributed by atoms with Crippen molar-refractivity contribution in [3.63, 3.8) is 0 Å². The van der Waals surface area contributed by atoms with Crippen LogP contribution in [0.3, 0.4) is 0 Å². The average Bonchev–Trinajstić information content (AvgIpc) is 2.71. The van der Waals surface area contributed by atoms with E-state index in [0.29, 0.717) is 21.5 Å². The molecule has 0 saturated carbocycles. The molecular formula is C20H17BrN2O6. The predicted octanol–water partition coefficient (Wildman–Crippen LogP) is 4.41. The largest absolute Gasteiger partial charge is 0.493 e. The Balaban J connectivity index is 2.24. The number of carbonyl (C=O) groups excluding carboxylic acids is 1. The number of halogens is 1. The van der Waals surface area contributed by atoms with Gasteiger partial charge in [-0.15, -0.1) is 0 Å². The van der Waals surface area contributed by atoms with Crippen LogP contribution in [0.5, 0.6) is 11.5 Å². The van der Waals surface area contributed by atoms with Gasteiger partial charge in [0.15, 0.2) is 11.5 Å². The lowest BCUT2D eigenvalue weighted by atomic mass is 10.1. The zero-order valence-electron chi connectivity index (χ0n) is 15.7. The third kappa shape index (κ3) is 5.80. The van der Waals surface area contributed by atoms with E-state index >= 15 is 0 Å². The molecule has 0 N–H and O–H groups in total. The minimum atomic E-state index is -0.709. The first-order valence-corrected chi connectivity index (χ1v) is 9.21. The summed E-state index contributed by atoms with van der Waals surface area (Å²) in [5.74, 6) is 0.103. The number of esters is 1. The Morgan fingerprint density at radius 3 is 2.52 bits per heavy atom. The van der Waals surface area contributed by atoms with E-state index < -0.39 is 10.9 Å². The smallest absolute Gasteiger partial charge is 0.348 e. The van der Waals surface area contributed by atoms with E-state index in [4.69, 9.17) is 14.2 Å². The van der Waals surface area contributed by atoms with Crippen molar-refractivity contribution in [2.24, 2.45) is 0 Å². The molecule has 0 heterocycles. The predicted molar refractivity (Wildman–Crippen MR) is 108 cm³/mol. The second-order valence-electron chi connectivity index (χ2n) is 5.63. The van der Waals surface area contributed by atoms with Gasteiger partial charge in [-0.1, -0.05) is 15.9 Å². The molecule has 0 aliphatic carbocycles. The van der Waals surface area contributed by atoms with Gasteiger partial charge < -0.3 is 14.2 Å². The number of hydrogen-bond acceptors (Lipinski definition) is 7. The molecule has 0 fully saturated rings. The van der Waals surface area contributed by atoms with Crippen LogP contribution in [0.15, 0.2) is 46.4 Å². The second-order valence-corrected chi connectivity index (χ2v) is 6.48. The zero-order chi connectivity index (χ0) is 21.4. The Labute approximate surface area is 175 Å². The van der Waals surface area contributed by atoms with E-state index in [1.165, 1.54) is 25.3 Å². The highest BCUT2D eigenvalue weighted by molar-refractivity contribution is 9.10. The number of hydrogen-bond donors (Lipinski definition) is 0. The molecule has 0 bridgehead atoms. The van der Waals surface area contributed by atoms with Crippen LogP contribution < -0.4 is 9.47 Å². The fourth-order valence-electron chi connectivity index (χ4n) is 2.31. The number of nitrogens with zero attached hydrogens (tertiary/aromatic N) is 2. The molecular weight excluding hydrogens is 444 g/mol. The number of methoxy groups -OCH3 is 1. The number of non-ortho nitro benzene ring substituents is 1. The molecule has 0 unspecified atom stereocenters. The molecule has 9 heteroatoms. The van der Waals surface area contributed by atoms with Crippen LogP contribution in [0.25, 0.3) is 6.08 Å². The summed E-state index contributed by atoms with van der Waals surface area (Å²) in [6, 6.07) is 11.1.